The van der Waals surface area contributed by atoms with Crippen LogP contribution < -0.4 is 21.1 Å². The van der Waals surface area contributed by atoms with Gasteiger partial charge in [-0.15, -0.1) is 0 Å². The van der Waals surface area contributed by atoms with Gasteiger partial charge in [-0.2, -0.15) is 0 Å². The number of nitrogens with one attached hydrogen (secondary N) is 3. The summed E-state index contributed by atoms with van der Waals surface area (Å²) in [6.07, 6.45) is 10.3. The quantitative estimate of drug-likeness (QED) is 0.468. The molecule has 0 aromatic carbocycles. The summed E-state index contributed by atoms with van der Waals surface area (Å²) < 4.78 is 0. The second kappa shape index (κ2) is 10.9. The van der Waals surface area contributed by atoms with E-state index in [-0.39, 0.29) is 17.5 Å². The van der Waals surface area contributed by atoms with Crippen molar-refractivity contribution in [2.24, 2.45) is 5.92 Å². The molecule has 2 fully saturated rings. The molecule has 0 radical (unpaired) electrons. The summed E-state index contributed by atoms with van der Waals surface area (Å²) in [5, 5.41) is 6.35. The first-order valence-corrected chi connectivity index (χ1v) is 12.3. The largest absolute Gasteiger partial charge is 0.373 e. The van der Waals surface area contributed by atoms with Crippen LogP contribution in [0.4, 0.5) is 11.5 Å². The standard InChI is InChI=1S/C26H36N6O2/c1-18(2)28-10-4-5-25(33)31-12-9-22(17-31)32(16-19-6-7-19)23-13-21(15-30-26(23)34)20-8-11-29-24(14-20)27-3/h4-5,8,11,13-15,18-19,22,28H,6-7,9-10,12,16-17H2,1-3H3,(H,27,29)(H,30,34)/t22-/m1/s1. The second-order valence-corrected chi connectivity index (χ2v) is 9.57. The van der Waals surface area contributed by atoms with Gasteiger partial charge < -0.3 is 25.4 Å². The molecule has 8 nitrogen and oxygen atoms in total. The first-order chi connectivity index (χ1) is 16.4. The van der Waals surface area contributed by atoms with Crippen LogP contribution in [0, 0.1) is 5.92 Å². The number of anilines is 2. The van der Waals surface area contributed by atoms with E-state index in [2.05, 4.69) is 39.3 Å². The Morgan fingerprint density at radius 1 is 1.29 bits per heavy atom. The van der Waals surface area contributed by atoms with E-state index in [0.29, 0.717) is 37.3 Å². The van der Waals surface area contributed by atoms with Crippen LogP contribution in [0.25, 0.3) is 11.1 Å². The Morgan fingerprint density at radius 3 is 2.85 bits per heavy atom. The SMILES string of the molecule is CNc1cc(-c2c[nH]c(=O)c(N(CC3CC3)[C@@H]3CCN(C(=O)C=CCNC(C)C)C3)c2)ccn1. The number of amides is 1. The van der Waals surface area contributed by atoms with Gasteiger partial charge in [0.2, 0.25) is 5.91 Å². The summed E-state index contributed by atoms with van der Waals surface area (Å²) in [4.78, 5) is 37.0. The average molecular weight is 465 g/mol. The van der Waals surface area contributed by atoms with E-state index in [1.807, 2.05) is 36.2 Å². The molecule has 1 amide bonds. The van der Waals surface area contributed by atoms with Gasteiger partial charge in [0.05, 0.1) is 0 Å². The molecule has 1 saturated carbocycles. The van der Waals surface area contributed by atoms with E-state index in [4.69, 9.17) is 0 Å². The number of aromatic amines is 1. The molecule has 2 aromatic heterocycles. The molecule has 0 spiro atoms. The number of pyridine rings is 2. The molecule has 1 atom stereocenters. The zero-order chi connectivity index (χ0) is 24.1. The zero-order valence-electron chi connectivity index (χ0n) is 20.4. The van der Waals surface area contributed by atoms with Crippen LogP contribution in [0.3, 0.4) is 0 Å². The first-order valence-electron chi connectivity index (χ1n) is 12.3. The van der Waals surface area contributed by atoms with E-state index < -0.39 is 0 Å². The molecule has 3 heterocycles. The summed E-state index contributed by atoms with van der Waals surface area (Å²) in [6.45, 7) is 7.04. The minimum absolute atomic E-state index is 0.0402. The predicted octanol–water partition coefficient (Wildman–Crippen LogP) is 2.85. The molecule has 4 rings (SSSR count). The summed E-state index contributed by atoms with van der Waals surface area (Å²) in [7, 11) is 1.84. The maximum Gasteiger partial charge on any atom is 0.271 e. The highest BCUT2D eigenvalue weighted by atomic mass is 16.2. The monoisotopic (exact) mass is 464 g/mol. The van der Waals surface area contributed by atoms with Gasteiger partial charge in [0.1, 0.15) is 11.5 Å². The minimum Gasteiger partial charge on any atom is -0.373 e. The highest BCUT2D eigenvalue weighted by molar-refractivity contribution is 5.88. The van der Waals surface area contributed by atoms with Gasteiger partial charge in [0, 0.05) is 69.3 Å². The molecule has 2 aromatic rings. The van der Waals surface area contributed by atoms with Crippen LogP contribution >= 0.6 is 0 Å². The van der Waals surface area contributed by atoms with Gasteiger partial charge in [-0.1, -0.05) is 19.9 Å². The van der Waals surface area contributed by atoms with Crippen molar-refractivity contribution < 1.29 is 4.79 Å². The molecule has 0 bridgehead atoms. The second-order valence-electron chi connectivity index (χ2n) is 9.57. The minimum atomic E-state index is -0.0864. The highest BCUT2D eigenvalue weighted by Gasteiger charge is 2.34. The fourth-order valence-electron chi connectivity index (χ4n) is 4.39. The van der Waals surface area contributed by atoms with Crippen molar-refractivity contribution in [2.45, 2.75) is 45.2 Å². The molecular weight excluding hydrogens is 428 g/mol. The third-order valence-electron chi connectivity index (χ3n) is 6.51. The first kappa shape index (κ1) is 24.0. The molecule has 0 unspecified atom stereocenters. The van der Waals surface area contributed by atoms with Gasteiger partial charge in [0.25, 0.3) is 5.56 Å². The van der Waals surface area contributed by atoms with Crippen molar-refractivity contribution in [1.29, 1.82) is 0 Å². The average Bonchev–Trinajstić information content (AvgIpc) is 3.53. The van der Waals surface area contributed by atoms with Crippen molar-refractivity contribution in [1.82, 2.24) is 20.2 Å². The molecule has 2 aliphatic rings. The van der Waals surface area contributed by atoms with Crippen LogP contribution in [0.1, 0.15) is 33.1 Å². The molecule has 182 valence electrons. The Bertz CT molecular complexity index is 1070. The van der Waals surface area contributed by atoms with Crippen LogP contribution in [-0.4, -0.2) is 66.1 Å². The van der Waals surface area contributed by atoms with Crippen molar-refractivity contribution in [3.63, 3.8) is 0 Å². The number of likely N-dealkylation sites (tertiary alicyclic amines) is 1. The number of aromatic nitrogens is 2. The Hall–Kier alpha value is -3.13. The van der Waals surface area contributed by atoms with E-state index in [9.17, 15) is 9.59 Å². The van der Waals surface area contributed by atoms with Crippen molar-refractivity contribution >= 4 is 17.4 Å². The summed E-state index contributed by atoms with van der Waals surface area (Å²) in [6, 6.07) is 6.42. The molecule has 1 aliphatic carbocycles. The fourth-order valence-corrected chi connectivity index (χ4v) is 4.39. The normalized spacial score (nSPS) is 18.1. The number of rotatable bonds is 10. The van der Waals surface area contributed by atoms with Gasteiger partial charge in [-0.3, -0.25) is 9.59 Å². The molecule has 8 heteroatoms. The van der Waals surface area contributed by atoms with Gasteiger partial charge in [0.15, 0.2) is 0 Å². The number of nitrogens with zero attached hydrogens (tertiary/aromatic N) is 3. The Kier molecular flexibility index (Phi) is 7.67. The van der Waals surface area contributed by atoms with Crippen molar-refractivity contribution in [2.75, 3.05) is 43.4 Å². The van der Waals surface area contributed by atoms with Gasteiger partial charge in [-0.25, -0.2) is 4.98 Å². The maximum atomic E-state index is 13.0. The molecular formula is C26H36N6O2. The number of H-pyrrole nitrogens is 1. The van der Waals surface area contributed by atoms with Crippen LogP contribution in [0.15, 0.2) is 47.5 Å². The van der Waals surface area contributed by atoms with Crippen LogP contribution in [0.5, 0.6) is 0 Å². The number of carbonyl (C=O) groups excluding carboxylic acids is 1. The number of carbonyl (C=O) groups is 1. The maximum absolute atomic E-state index is 13.0. The van der Waals surface area contributed by atoms with Crippen molar-refractivity contribution in [3.05, 3.63) is 53.1 Å². The Morgan fingerprint density at radius 2 is 2.12 bits per heavy atom. The lowest BCUT2D eigenvalue weighted by Gasteiger charge is -2.31. The lowest BCUT2D eigenvalue weighted by molar-refractivity contribution is -0.125. The van der Waals surface area contributed by atoms with Gasteiger partial charge >= 0.3 is 0 Å². The molecule has 1 saturated heterocycles. The smallest absolute Gasteiger partial charge is 0.271 e. The third-order valence-corrected chi connectivity index (χ3v) is 6.51. The predicted molar refractivity (Wildman–Crippen MR) is 137 cm³/mol. The topological polar surface area (TPSA) is 93.4 Å². The fraction of sp³-hybridized carbons (Fsp3) is 0.500. The van der Waals surface area contributed by atoms with E-state index in [1.165, 1.54) is 12.8 Å². The Labute approximate surface area is 201 Å². The number of hydrogen-bond acceptors (Lipinski definition) is 6. The van der Waals surface area contributed by atoms with Gasteiger partial charge in [-0.05, 0) is 48.9 Å². The third kappa shape index (κ3) is 6.05. The molecule has 34 heavy (non-hydrogen) atoms. The van der Waals surface area contributed by atoms with Crippen molar-refractivity contribution in [3.8, 4) is 11.1 Å². The van der Waals surface area contributed by atoms with E-state index in [0.717, 1.165) is 29.9 Å². The van der Waals surface area contributed by atoms with Crippen LogP contribution in [-0.2, 0) is 4.79 Å². The van der Waals surface area contributed by atoms with E-state index >= 15 is 0 Å². The van der Waals surface area contributed by atoms with E-state index in [1.54, 1.807) is 18.5 Å². The lowest BCUT2D eigenvalue weighted by atomic mass is 10.1. The highest BCUT2D eigenvalue weighted by Crippen LogP contribution is 2.34. The Balaban J connectivity index is 1.52. The lowest BCUT2D eigenvalue weighted by Crippen LogP contribution is -2.42. The molecule has 1 aliphatic heterocycles. The van der Waals surface area contributed by atoms with Crippen LogP contribution in [0.2, 0.25) is 0 Å². The summed E-state index contributed by atoms with van der Waals surface area (Å²) in [5.74, 6) is 1.44. The number of hydrogen-bond donors (Lipinski definition) is 3. The zero-order valence-corrected chi connectivity index (χ0v) is 20.4. The summed E-state index contributed by atoms with van der Waals surface area (Å²) >= 11 is 0. The molecule has 3 N–H and O–H groups in total. The summed E-state index contributed by atoms with van der Waals surface area (Å²) in [5.41, 5.74) is 2.53.